The van der Waals surface area contributed by atoms with Crippen molar-refractivity contribution in [3.8, 4) is 11.3 Å². The third kappa shape index (κ3) is 4.57. The lowest BCUT2D eigenvalue weighted by Gasteiger charge is -2.23. The number of hydrogen-bond donors (Lipinski definition) is 0. The van der Waals surface area contributed by atoms with Crippen LogP contribution in [0.2, 0.25) is 5.02 Å². The first-order valence-corrected chi connectivity index (χ1v) is 13.1. The summed E-state index contributed by atoms with van der Waals surface area (Å²) in [5.41, 5.74) is 0.872. The number of benzene rings is 1. The van der Waals surface area contributed by atoms with Crippen molar-refractivity contribution in [2.45, 2.75) is 19.9 Å². The summed E-state index contributed by atoms with van der Waals surface area (Å²) in [6.45, 7) is 3.66. The number of furan rings is 1. The highest BCUT2D eigenvalue weighted by atomic mass is 35.5. The molecule has 1 aliphatic heterocycles. The quantitative estimate of drug-likeness (QED) is 0.194. The topological polar surface area (TPSA) is 117 Å². The number of thiophene rings is 1. The zero-order chi connectivity index (χ0) is 26.3. The first kappa shape index (κ1) is 24.9. The standard InChI is InChI=1S/C25H18ClN3O6S2/c1-3-34-24(31)21-13(2)27-25-28(22(21)19-5-4-10-36-19)23(30)20(37-25)12-15-7-9-18(35-15)16-8-6-14(29(32)33)11-17(16)26/h4-12,22H,3H2,1-2H3/b20-12+/t22-/m0/s1. The average molecular weight is 556 g/mol. The summed E-state index contributed by atoms with van der Waals surface area (Å²) in [5.74, 6) is 0.284. The lowest BCUT2D eigenvalue weighted by molar-refractivity contribution is -0.384. The van der Waals surface area contributed by atoms with E-state index in [1.807, 2.05) is 17.5 Å². The molecular weight excluding hydrogens is 538 g/mol. The monoisotopic (exact) mass is 555 g/mol. The maximum atomic E-state index is 13.6. The number of aromatic nitrogens is 1. The Hall–Kier alpha value is -3.80. The summed E-state index contributed by atoms with van der Waals surface area (Å²) in [5, 5.41) is 13.0. The highest BCUT2D eigenvalue weighted by Gasteiger charge is 2.33. The molecule has 12 heteroatoms. The molecule has 1 atom stereocenters. The molecule has 188 valence electrons. The van der Waals surface area contributed by atoms with Crippen molar-refractivity contribution in [1.29, 1.82) is 0 Å². The van der Waals surface area contributed by atoms with E-state index in [1.165, 1.54) is 45.4 Å². The van der Waals surface area contributed by atoms with Crippen molar-refractivity contribution < 1.29 is 18.9 Å². The summed E-state index contributed by atoms with van der Waals surface area (Å²) in [6.07, 6.45) is 1.60. The molecule has 5 rings (SSSR count). The van der Waals surface area contributed by atoms with Gasteiger partial charge < -0.3 is 9.15 Å². The number of halogens is 1. The van der Waals surface area contributed by atoms with Crippen molar-refractivity contribution in [3.05, 3.63) is 105 Å². The summed E-state index contributed by atoms with van der Waals surface area (Å²) in [7, 11) is 0. The molecule has 37 heavy (non-hydrogen) atoms. The first-order valence-electron chi connectivity index (χ1n) is 11.1. The molecule has 0 N–H and O–H groups in total. The molecule has 0 spiro atoms. The maximum absolute atomic E-state index is 13.6. The molecule has 0 saturated heterocycles. The highest BCUT2D eigenvalue weighted by molar-refractivity contribution is 7.10. The number of nitro benzene ring substituents is 1. The van der Waals surface area contributed by atoms with Crippen LogP contribution in [0.5, 0.6) is 0 Å². The van der Waals surface area contributed by atoms with E-state index in [2.05, 4.69) is 4.99 Å². The smallest absolute Gasteiger partial charge is 0.338 e. The van der Waals surface area contributed by atoms with Crippen LogP contribution in [0.15, 0.2) is 73.3 Å². The van der Waals surface area contributed by atoms with Crippen molar-refractivity contribution in [3.63, 3.8) is 0 Å². The van der Waals surface area contributed by atoms with Gasteiger partial charge in [-0.2, -0.15) is 0 Å². The van der Waals surface area contributed by atoms with E-state index in [1.54, 1.807) is 32.1 Å². The lowest BCUT2D eigenvalue weighted by atomic mass is 10.0. The number of carbonyl (C=O) groups excluding carboxylic acids is 1. The summed E-state index contributed by atoms with van der Waals surface area (Å²) in [6, 6.07) is 10.5. The number of allylic oxidation sites excluding steroid dienone is 1. The number of thiazole rings is 1. The number of hydrogen-bond acceptors (Lipinski definition) is 9. The van der Waals surface area contributed by atoms with Gasteiger partial charge in [-0.3, -0.25) is 19.5 Å². The van der Waals surface area contributed by atoms with E-state index in [4.69, 9.17) is 20.8 Å². The van der Waals surface area contributed by atoms with E-state index in [-0.39, 0.29) is 22.9 Å². The normalized spacial score (nSPS) is 15.4. The van der Waals surface area contributed by atoms with Gasteiger partial charge in [0.05, 0.1) is 32.4 Å². The van der Waals surface area contributed by atoms with Crippen LogP contribution in [-0.4, -0.2) is 22.1 Å². The number of non-ortho nitro benzene ring substituents is 1. The first-order chi connectivity index (χ1) is 17.8. The van der Waals surface area contributed by atoms with Crippen LogP contribution in [0.25, 0.3) is 17.4 Å². The Balaban J connectivity index is 1.59. The maximum Gasteiger partial charge on any atom is 0.338 e. The Bertz CT molecular complexity index is 1750. The molecule has 0 aliphatic carbocycles. The molecule has 4 aromatic rings. The second kappa shape index (κ2) is 9.92. The molecule has 4 heterocycles. The number of rotatable bonds is 6. The van der Waals surface area contributed by atoms with E-state index in [9.17, 15) is 19.7 Å². The number of fused-ring (bicyclic) bond motifs is 1. The molecule has 3 aromatic heterocycles. The Morgan fingerprint density at radius 1 is 1.32 bits per heavy atom. The van der Waals surface area contributed by atoms with Crippen molar-refractivity contribution in [2.24, 2.45) is 4.99 Å². The van der Waals surface area contributed by atoms with Crippen molar-refractivity contribution in [2.75, 3.05) is 6.61 Å². The molecule has 0 saturated carbocycles. The number of ether oxygens (including phenoxy) is 1. The molecule has 0 unspecified atom stereocenters. The Kier molecular flexibility index (Phi) is 6.67. The second-order valence-electron chi connectivity index (χ2n) is 7.94. The largest absolute Gasteiger partial charge is 0.463 e. The minimum atomic E-state index is -0.650. The third-order valence-corrected chi connectivity index (χ3v) is 7.88. The SMILES string of the molecule is CCOC(=O)C1=C(C)N=c2s/c(=C/c3ccc(-c4ccc([N+](=O)[O-])cc4Cl)o3)c(=O)n2[C@H]1c1cccs1. The number of carbonyl (C=O) groups is 1. The fourth-order valence-corrected chi connectivity index (χ4v) is 6.15. The Morgan fingerprint density at radius 2 is 2.14 bits per heavy atom. The minimum absolute atomic E-state index is 0.126. The van der Waals surface area contributed by atoms with Gasteiger partial charge in [-0.25, -0.2) is 9.79 Å². The predicted molar refractivity (Wildman–Crippen MR) is 141 cm³/mol. The van der Waals surface area contributed by atoms with Crippen LogP contribution < -0.4 is 14.9 Å². The summed E-state index contributed by atoms with van der Waals surface area (Å²) in [4.78, 5) is 42.7. The van der Waals surface area contributed by atoms with E-state index in [0.29, 0.717) is 37.7 Å². The molecule has 0 amide bonds. The number of nitro groups is 1. The summed E-state index contributed by atoms with van der Waals surface area (Å²) >= 11 is 8.86. The fraction of sp³-hybridized carbons (Fsp3) is 0.160. The van der Waals surface area contributed by atoms with Gasteiger partial charge in [0.2, 0.25) is 0 Å². The van der Waals surface area contributed by atoms with Gasteiger partial charge in [-0.1, -0.05) is 29.0 Å². The molecule has 1 aliphatic rings. The number of esters is 1. The van der Waals surface area contributed by atoms with Crippen LogP contribution >= 0.6 is 34.3 Å². The van der Waals surface area contributed by atoms with Crippen molar-refractivity contribution in [1.82, 2.24) is 4.57 Å². The second-order valence-corrected chi connectivity index (χ2v) is 10.3. The minimum Gasteiger partial charge on any atom is -0.463 e. The van der Waals surface area contributed by atoms with Crippen LogP contribution in [0.4, 0.5) is 5.69 Å². The van der Waals surface area contributed by atoms with E-state index >= 15 is 0 Å². The molecular formula is C25H18ClN3O6S2. The summed E-state index contributed by atoms with van der Waals surface area (Å²) < 4.78 is 13.0. The van der Waals surface area contributed by atoms with Crippen molar-refractivity contribution >= 4 is 52.0 Å². The number of nitrogens with zero attached hydrogens (tertiary/aromatic N) is 3. The van der Waals surface area contributed by atoms with Gasteiger partial charge >= 0.3 is 5.97 Å². The predicted octanol–water partition coefficient (Wildman–Crippen LogP) is 4.68. The molecule has 0 bridgehead atoms. The third-order valence-electron chi connectivity index (χ3n) is 5.66. The van der Waals surface area contributed by atoms with Gasteiger partial charge in [0.25, 0.3) is 11.2 Å². The van der Waals surface area contributed by atoms with Crippen LogP contribution in [0.3, 0.4) is 0 Å². The van der Waals surface area contributed by atoms with E-state index < -0.39 is 16.9 Å². The average Bonchev–Trinajstić information content (AvgIpc) is 3.60. The molecule has 1 aromatic carbocycles. The van der Waals surface area contributed by atoms with Gasteiger partial charge in [0, 0.05) is 28.6 Å². The van der Waals surface area contributed by atoms with Gasteiger partial charge in [0.1, 0.15) is 17.6 Å². The van der Waals surface area contributed by atoms with Crippen LogP contribution in [0.1, 0.15) is 30.5 Å². The molecule has 0 fully saturated rings. The molecule has 9 nitrogen and oxygen atoms in total. The Morgan fingerprint density at radius 3 is 2.81 bits per heavy atom. The van der Waals surface area contributed by atoms with Gasteiger partial charge in [-0.05, 0) is 43.5 Å². The zero-order valence-corrected chi connectivity index (χ0v) is 21.9. The highest BCUT2D eigenvalue weighted by Crippen LogP contribution is 2.34. The van der Waals surface area contributed by atoms with Gasteiger partial charge in [-0.15, -0.1) is 11.3 Å². The Labute approximate surface area is 222 Å². The molecule has 0 radical (unpaired) electrons. The van der Waals surface area contributed by atoms with Crippen LogP contribution in [-0.2, 0) is 9.53 Å². The van der Waals surface area contributed by atoms with E-state index in [0.717, 1.165) is 4.88 Å². The lowest BCUT2D eigenvalue weighted by Crippen LogP contribution is -2.39. The zero-order valence-electron chi connectivity index (χ0n) is 19.5. The fourth-order valence-electron chi connectivity index (χ4n) is 4.03. The van der Waals surface area contributed by atoms with Gasteiger partial charge in [0.15, 0.2) is 4.80 Å². The van der Waals surface area contributed by atoms with Crippen LogP contribution in [0, 0.1) is 10.1 Å².